The fourth-order valence-corrected chi connectivity index (χ4v) is 2.30. The second-order valence-corrected chi connectivity index (χ2v) is 6.68. The van der Waals surface area contributed by atoms with E-state index in [-0.39, 0.29) is 34.1 Å². The second kappa shape index (κ2) is 6.91. The third kappa shape index (κ3) is 4.71. The van der Waals surface area contributed by atoms with Crippen LogP contribution in [0, 0.1) is 5.92 Å². The quantitative estimate of drug-likeness (QED) is 0.831. The minimum absolute atomic E-state index is 0.0259. The van der Waals surface area contributed by atoms with Crippen LogP contribution in [-0.4, -0.2) is 27.0 Å². The summed E-state index contributed by atoms with van der Waals surface area (Å²) in [6, 6.07) is 4.17. The molecule has 0 aliphatic heterocycles. The van der Waals surface area contributed by atoms with Crippen molar-refractivity contribution in [1.29, 1.82) is 0 Å². The number of amides is 1. The van der Waals surface area contributed by atoms with Crippen molar-refractivity contribution in [3.8, 4) is 5.75 Å². The zero-order valence-corrected chi connectivity index (χ0v) is 13.5. The predicted molar refractivity (Wildman–Crippen MR) is 80.8 cm³/mol. The molecule has 118 valence electrons. The molecular weight excluding hydrogens is 292 g/mol. The Bertz CT molecular complexity index is 611. The number of hydrogen-bond acceptors (Lipinski definition) is 4. The van der Waals surface area contributed by atoms with Crippen molar-refractivity contribution in [3.63, 3.8) is 0 Å². The van der Waals surface area contributed by atoms with Gasteiger partial charge in [0.2, 0.25) is 10.0 Å². The zero-order valence-electron chi connectivity index (χ0n) is 12.7. The molecule has 0 saturated carbocycles. The molecule has 0 aromatic heterocycles. The number of ether oxygens (including phenoxy) is 1. The largest absolute Gasteiger partial charge is 0.492 e. The van der Waals surface area contributed by atoms with Gasteiger partial charge < -0.3 is 10.1 Å². The number of rotatable bonds is 6. The van der Waals surface area contributed by atoms with Gasteiger partial charge in [0.1, 0.15) is 10.6 Å². The molecule has 1 atom stereocenters. The summed E-state index contributed by atoms with van der Waals surface area (Å²) in [5, 5.41) is 7.98. The lowest BCUT2D eigenvalue weighted by atomic mass is 10.1. The Balaban J connectivity index is 3.14. The zero-order chi connectivity index (χ0) is 16.2. The Morgan fingerprint density at radius 3 is 2.43 bits per heavy atom. The topological polar surface area (TPSA) is 98.5 Å². The molecule has 7 heteroatoms. The van der Waals surface area contributed by atoms with Crippen LogP contribution in [0.15, 0.2) is 23.1 Å². The maximum Gasteiger partial charge on any atom is 0.251 e. The van der Waals surface area contributed by atoms with E-state index in [1.807, 2.05) is 20.8 Å². The van der Waals surface area contributed by atoms with E-state index in [9.17, 15) is 13.2 Å². The van der Waals surface area contributed by atoms with E-state index in [4.69, 9.17) is 9.88 Å². The van der Waals surface area contributed by atoms with Crippen molar-refractivity contribution < 1.29 is 17.9 Å². The molecule has 1 amide bonds. The highest BCUT2D eigenvalue weighted by atomic mass is 32.2. The highest BCUT2D eigenvalue weighted by Crippen LogP contribution is 2.24. The van der Waals surface area contributed by atoms with E-state index < -0.39 is 10.0 Å². The summed E-state index contributed by atoms with van der Waals surface area (Å²) in [7, 11) is -3.96. The molecule has 0 spiro atoms. The summed E-state index contributed by atoms with van der Waals surface area (Å²) in [5.41, 5.74) is 0.231. The lowest BCUT2D eigenvalue weighted by molar-refractivity contribution is 0.0930. The normalized spacial score (nSPS) is 13.0. The second-order valence-electron chi connectivity index (χ2n) is 5.15. The number of hydrogen-bond donors (Lipinski definition) is 2. The van der Waals surface area contributed by atoms with Crippen LogP contribution in [0.2, 0.25) is 0 Å². The Kier molecular flexibility index (Phi) is 5.74. The van der Waals surface area contributed by atoms with Crippen molar-refractivity contribution in [2.24, 2.45) is 11.1 Å². The average molecular weight is 314 g/mol. The molecule has 0 fully saturated rings. The summed E-state index contributed by atoms with van der Waals surface area (Å²) in [4.78, 5) is 11.9. The van der Waals surface area contributed by atoms with Crippen molar-refractivity contribution in [1.82, 2.24) is 5.32 Å². The predicted octanol–water partition coefficient (Wildman–Crippen LogP) is 1.51. The van der Waals surface area contributed by atoms with Crippen molar-refractivity contribution in [2.75, 3.05) is 6.61 Å². The van der Waals surface area contributed by atoms with Crippen LogP contribution in [0.25, 0.3) is 0 Å². The molecule has 6 nitrogen and oxygen atoms in total. The fourth-order valence-electron chi connectivity index (χ4n) is 1.60. The Labute approximate surface area is 125 Å². The van der Waals surface area contributed by atoms with E-state index in [1.54, 1.807) is 6.92 Å². The molecule has 3 N–H and O–H groups in total. The third-order valence-corrected chi connectivity index (χ3v) is 4.10. The minimum atomic E-state index is -3.96. The van der Waals surface area contributed by atoms with Crippen LogP contribution in [0.5, 0.6) is 5.75 Å². The maximum absolute atomic E-state index is 12.1. The molecule has 1 rings (SSSR count). The van der Waals surface area contributed by atoms with Gasteiger partial charge in [-0.15, -0.1) is 0 Å². The van der Waals surface area contributed by atoms with Gasteiger partial charge in [-0.3, -0.25) is 4.79 Å². The standard InChI is InChI=1S/C14H22N2O4S/c1-5-20-12-7-6-11(8-13(12)21(15,18)19)14(17)16-10(4)9(2)3/h6-10H,5H2,1-4H3,(H,16,17)(H2,15,18,19). The van der Waals surface area contributed by atoms with Crippen LogP contribution in [-0.2, 0) is 10.0 Å². The first-order valence-corrected chi connectivity index (χ1v) is 8.32. The number of nitrogens with one attached hydrogen (secondary N) is 1. The van der Waals surface area contributed by atoms with Gasteiger partial charge in [0.25, 0.3) is 5.91 Å². The molecule has 0 bridgehead atoms. The van der Waals surface area contributed by atoms with Crippen molar-refractivity contribution >= 4 is 15.9 Å². The summed E-state index contributed by atoms with van der Waals surface area (Å²) in [5.74, 6) is 0.0759. The molecule has 1 unspecified atom stereocenters. The smallest absolute Gasteiger partial charge is 0.251 e. The van der Waals surface area contributed by atoms with E-state index in [2.05, 4.69) is 5.32 Å². The highest BCUT2D eigenvalue weighted by Gasteiger charge is 2.19. The van der Waals surface area contributed by atoms with E-state index in [1.165, 1.54) is 18.2 Å². The first-order chi connectivity index (χ1) is 9.66. The van der Waals surface area contributed by atoms with Gasteiger partial charge in [-0.2, -0.15) is 0 Å². The number of primary sulfonamides is 1. The van der Waals surface area contributed by atoms with Crippen LogP contribution in [0.4, 0.5) is 0 Å². The van der Waals surface area contributed by atoms with Crippen LogP contribution in [0.3, 0.4) is 0 Å². The van der Waals surface area contributed by atoms with E-state index in [0.29, 0.717) is 6.61 Å². The van der Waals surface area contributed by atoms with Crippen molar-refractivity contribution in [2.45, 2.75) is 38.6 Å². The molecule has 0 aliphatic rings. The lowest BCUT2D eigenvalue weighted by Crippen LogP contribution is -2.36. The van der Waals surface area contributed by atoms with Gasteiger partial charge in [-0.25, -0.2) is 13.6 Å². The minimum Gasteiger partial charge on any atom is -0.492 e. The number of nitrogens with two attached hydrogens (primary N) is 1. The van der Waals surface area contributed by atoms with Gasteiger partial charge in [-0.1, -0.05) is 13.8 Å². The highest BCUT2D eigenvalue weighted by molar-refractivity contribution is 7.89. The van der Waals surface area contributed by atoms with Crippen LogP contribution < -0.4 is 15.2 Å². The Morgan fingerprint density at radius 1 is 1.33 bits per heavy atom. The van der Waals surface area contributed by atoms with Crippen LogP contribution >= 0.6 is 0 Å². The molecule has 1 aromatic rings. The molecule has 1 aromatic carbocycles. The third-order valence-electron chi connectivity index (χ3n) is 3.17. The summed E-state index contributed by atoms with van der Waals surface area (Å²) in [6.45, 7) is 7.89. The Hall–Kier alpha value is -1.60. The first kappa shape index (κ1) is 17.5. The van der Waals surface area contributed by atoms with Gasteiger partial charge >= 0.3 is 0 Å². The number of sulfonamides is 1. The molecule has 0 saturated heterocycles. The number of carbonyl (C=O) groups excluding carboxylic acids is 1. The van der Waals surface area contributed by atoms with E-state index in [0.717, 1.165) is 0 Å². The molecule has 21 heavy (non-hydrogen) atoms. The number of carbonyl (C=O) groups is 1. The van der Waals surface area contributed by atoms with Crippen LogP contribution in [0.1, 0.15) is 38.1 Å². The average Bonchev–Trinajstić information content (AvgIpc) is 2.37. The SMILES string of the molecule is CCOc1ccc(C(=O)NC(C)C(C)C)cc1S(N)(=O)=O. The maximum atomic E-state index is 12.1. The van der Waals surface area contributed by atoms with Gasteiger partial charge in [0.15, 0.2) is 0 Å². The summed E-state index contributed by atoms with van der Waals surface area (Å²) < 4.78 is 28.4. The summed E-state index contributed by atoms with van der Waals surface area (Å²) in [6.07, 6.45) is 0. The van der Waals surface area contributed by atoms with Gasteiger partial charge in [-0.05, 0) is 38.0 Å². The van der Waals surface area contributed by atoms with Gasteiger partial charge in [0.05, 0.1) is 6.61 Å². The van der Waals surface area contributed by atoms with Crippen molar-refractivity contribution in [3.05, 3.63) is 23.8 Å². The molecule has 0 heterocycles. The summed E-state index contributed by atoms with van der Waals surface area (Å²) >= 11 is 0. The molecular formula is C14H22N2O4S. The monoisotopic (exact) mass is 314 g/mol. The first-order valence-electron chi connectivity index (χ1n) is 6.77. The van der Waals surface area contributed by atoms with Gasteiger partial charge in [0, 0.05) is 11.6 Å². The van der Waals surface area contributed by atoms with E-state index >= 15 is 0 Å². The fraction of sp³-hybridized carbons (Fsp3) is 0.500. The lowest BCUT2D eigenvalue weighted by Gasteiger charge is -2.18. The molecule has 0 aliphatic carbocycles. The number of benzene rings is 1. The molecule has 0 radical (unpaired) electrons. The Morgan fingerprint density at radius 2 is 1.95 bits per heavy atom.